The molecule has 0 saturated carbocycles. The lowest BCUT2D eigenvalue weighted by molar-refractivity contribution is -0.138. The average Bonchev–Trinajstić information content (AvgIpc) is 3.57. The van der Waals surface area contributed by atoms with Gasteiger partial charge in [0.2, 0.25) is 5.91 Å². The molecular formula is C38H46N2O6S. The highest BCUT2D eigenvalue weighted by atomic mass is 32.1. The molecule has 0 bridgehead atoms. The fraction of sp³-hybridized carbons (Fsp3) is 0.395. The van der Waals surface area contributed by atoms with Gasteiger partial charge in [-0.05, 0) is 64.4 Å². The first-order chi connectivity index (χ1) is 22.5. The number of carbonyl (C=O) groups excluding carboxylic acids is 2. The molecular weight excluding hydrogens is 612 g/mol. The van der Waals surface area contributed by atoms with Gasteiger partial charge in [-0.2, -0.15) is 0 Å². The number of hydrogen-bond donors (Lipinski definition) is 3. The summed E-state index contributed by atoms with van der Waals surface area (Å²) in [5.74, 6) is -1.23. The van der Waals surface area contributed by atoms with Crippen LogP contribution in [0.2, 0.25) is 0 Å². The maximum atomic E-state index is 13.1. The quantitative estimate of drug-likeness (QED) is 0.138. The van der Waals surface area contributed by atoms with Crippen LogP contribution in [-0.2, 0) is 26.2 Å². The van der Waals surface area contributed by atoms with Crippen molar-refractivity contribution in [2.45, 2.75) is 77.7 Å². The van der Waals surface area contributed by atoms with Gasteiger partial charge in [0.05, 0.1) is 17.7 Å². The number of rotatable bonds is 16. The smallest absolute Gasteiger partial charge is 0.322 e. The second-order valence-corrected chi connectivity index (χ2v) is 13.9. The average molecular weight is 659 g/mol. The van der Waals surface area contributed by atoms with E-state index in [1.54, 1.807) is 12.3 Å². The minimum Gasteiger partial charge on any atom is -0.496 e. The first kappa shape index (κ1) is 35.5. The number of aliphatic carboxylic acids is 1. The molecule has 0 radical (unpaired) electrons. The number of ether oxygens (including phenoxy) is 2. The minimum absolute atomic E-state index is 0.106. The van der Waals surface area contributed by atoms with E-state index in [2.05, 4.69) is 44.4 Å². The van der Waals surface area contributed by atoms with E-state index >= 15 is 0 Å². The van der Waals surface area contributed by atoms with Crippen LogP contribution < -0.4 is 15.4 Å². The van der Waals surface area contributed by atoms with Gasteiger partial charge in [0.1, 0.15) is 24.9 Å². The molecule has 0 unspecified atom stereocenters. The third-order valence-electron chi connectivity index (χ3n) is 7.85. The van der Waals surface area contributed by atoms with Gasteiger partial charge in [0.15, 0.2) is 0 Å². The molecule has 0 aliphatic carbocycles. The molecule has 1 aliphatic heterocycles. The van der Waals surface area contributed by atoms with E-state index in [1.807, 2.05) is 54.6 Å². The Kier molecular flexibility index (Phi) is 12.8. The molecule has 1 atom stereocenters. The highest BCUT2D eigenvalue weighted by Gasteiger charge is 2.25. The minimum atomic E-state index is -1.16. The number of amides is 2. The Bertz CT molecular complexity index is 1560. The molecule has 250 valence electrons. The van der Waals surface area contributed by atoms with Gasteiger partial charge in [0, 0.05) is 16.9 Å². The largest absolute Gasteiger partial charge is 0.496 e. The van der Waals surface area contributed by atoms with Crippen molar-refractivity contribution >= 4 is 40.3 Å². The van der Waals surface area contributed by atoms with Crippen LogP contribution in [0.3, 0.4) is 0 Å². The molecule has 1 aromatic heterocycles. The van der Waals surface area contributed by atoms with E-state index in [-0.39, 0.29) is 17.7 Å². The summed E-state index contributed by atoms with van der Waals surface area (Å²) >= 11 is 1.38. The predicted octanol–water partition coefficient (Wildman–Crippen LogP) is 7.39. The summed E-state index contributed by atoms with van der Waals surface area (Å²) in [6.07, 6.45) is 10.1. The highest BCUT2D eigenvalue weighted by Crippen LogP contribution is 2.30. The Morgan fingerprint density at radius 2 is 1.64 bits per heavy atom. The lowest BCUT2D eigenvalue weighted by Crippen LogP contribution is -2.49. The zero-order valence-electron chi connectivity index (χ0n) is 27.8. The van der Waals surface area contributed by atoms with E-state index in [0.717, 1.165) is 51.5 Å². The van der Waals surface area contributed by atoms with Gasteiger partial charge in [0.25, 0.3) is 5.91 Å². The lowest BCUT2D eigenvalue weighted by Gasteiger charge is -2.19. The molecule has 9 heteroatoms. The van der Waals surface area contributed by atoms with Crippen LogP contribution in [0, 0.1) is 0 Å². The molecule has 1 aliphatic rings. The van der Waals surface area contributed by atoms with Crippen molar-refractivity contribution in [1.82, 2.24) is 10.6 Å². The van der Waals surface area contributed by atoms with E-state index in [4.69, 9.17) is 14.6 Å². The summed E-state index contributed by atoms with van der Waals surface area (Å²) < 4.78 is 11.7. The number of carboxylic acid groups (broad SMARTS) is 1. The summed E-state index contributed by atoms with van der Waals surface area (Å²) in [6, 6.07) is 18.5. The Balaban J connectivity index is 1.40. The Hall–Kier alpha value is -4.37. The van der Waals surface area contributed by atoms with Crippen LogP contribution in [0.15, 0.2) is 73.0 Å². The van der Waals surface area contributed by atoms with Gasteiger partial charge in [-0.3, -0.25) is 14.4 Å². The maximum absolute atomic E-state index is 13.1. The van der Waals surface area contributed by atoms with Crippen molar-refractivity contribution in [3.05, 3.63) is 99.4 Å². The zero-order valence-corrected chi connectivity index (χ0v) is 28.6. The van der Waals surface area contributed by atoms with Crippen LogP contribution in [0.1, 0.15) is 91.0 Å². The number of carboxylic acids is 1. The van der Waals surface area contributed by atoms with Crippen LogP contribution in [0.25, 0.3) is 11.1 Å². The van der Waals surface area contributed by atoms with Crippen molar-refractivity contribution in [1.29, 1.82) is 0 Å². The second-order valence-electron chi connectivity index (χ2n) is 12.8. The van der Waals surface area contributed by atoms with Crippen LogP contribution in [0.5, 0.6) is 5.75 Å². The molecule has 0 spiro atoms. The van der Waals surface area contributed by atoms with Gasteiger partial charge in [-0.15, -0.1) is 11.3 Å². The summed E-state index contributed by atoms with van der Waals surface area (Å²) in [5, 5.41) is 14.3. The van der Waals surface area contributed by atoms with Crippen LogP contribution >= 0.6 is 11.3 Å². The van der Waals surface area contributed by atoms with Crippen molar-refractivity contribution in [3.8, 4) is 5.75 Å². The number of allylic oxidation sites excluding steroid dienone is 2. The third kappa shape index (κ3) is 10.8. The van der Waals surface area contributed by atoms with E-state index in [0.29, 0.717) is 11.5 Å². The summed E-state index contributed by atoms with van der Waals surface area (Å²) in [7, 11) is 0. The molecule has 0 saturated heterocycles. The Labute approximate surface area is 281 Å². The van der Waals surface area contributed by atoms with Gasteiger partial charge >= 0.3 is 5.97 Å². The molecule has 2 heterocycles. The highest BCUT2D eigenvalue weighted by molar-refractivity contribution is 7.14. The summed E-state index contributed by atoms with van der Waals surface area (Å²) in [4.78, 5) is 38.7. The topological polar surface area (TPSA) is 114 Å². The predicted molar refractivity (Wildman–Crippen MR) is 188 cm³/mol. The number of benzene rings is 2. The zero-order chi connectivity index (χ0) is 33.8. The molecule has 2 amide bonds. The Morgan fingerprint density at radius 1 is 0.936 bits per heavy atom. The molecule has 8 nitrogen and oxygen atoms in total. The van der Waals surface area contributed by atoms with Crippen LogP contribution in [-0.4, -0.2) is 48.7 Å². The Morgan fingerprint density at radius 3 is 2.30 bits per heavy atom. The number of thiophene rings is 1. The summed E-state index contributed by atoms with van der Waals surface area (Å²) in [5.41, 5.74) is 4.69. The van der Waals surface area contributed by atoms with E-state index in [9.17, 15) is 14.4 Å². The standard InChI is InChI=1S/C38H46N2O6S/c1-5-6-7-8-9-20-46-31-16-14-28(15-17-31)30-22-29(24-45-25-30)27-12-10-26(11-13-27)21-32(36(43)39-23-35(41)42)40-37(44)33-18-19-34(47-33)38(2,3)4/h10-19,22,25,32H,5-9,20-21,23-24H2,1-4H3,(H,39,43)(H,40,44)(H,41,42)/t32-/m0/s1. The first-order valence-electron chi connectivity index (χ1n) is 16.3. The van der Waals surface area contributed by atoms with Gasteiger partial charge in [-0.1, -0.05) is 89.8 Å². The molecule has 4 rings (SSSR count). The third-order valence-corrected chi connectivity index (χ3v) is 9.36. The first-order valence-corrected chi connectivity index (χ1v) is 17.1. The van der Waals surface area contributed by atoms with Gasteiger partial charge < -0.3 is 25.2 Å². The SMILES string of the molecule is CCCCCCCOc1ccc(C2=COCC(c3ccc(C[C@H](NC(=O)c4ccc(C(C)(C)C)s4)C(=O)NCC(=O)O)cc3)=C2)cc1. The van der Waals surface area contributed by atoms with Gasteiger partial charge in [-0.25, -0.2) is 0 Å². The summed E-state index contributed by atoms with van der Waals surface area (Å²) in [6.45, 7) is 9.05. The normalized spacial score (nSPS) is 13.5. The fourth-order valence-corrected chi connectivity index (χ4v) is 6.09. The molecule has 3 N–H and O–H groups in total. The van der Waals surface area contributed by atoms with Crippen molar-refractivity contribution in [3.63, 3.8) is 0 Å². The van der Waals surface area contributed by atoms with Crippen LogP contribution in [0.4, 0.5) is 0 Å². The molecule has 2 aromatic carbocycles. The fourth-order valence-electron chi connectivity index (χ4n) is 5.12. The number of carbonyl (C=O) groups is 3. The van der Waals surface area contributed by atoms with Crippen molar-refractivity contribution in [2.75, 3.05) is 19.8 Å². The van der Waals surface area contributed by atoms with E-state index in [1.165, 1.54) is 37.0 Å². The lowest BCUT2D eigenvalue weighted by atomic mass is 9.95. The van der Waals surface area contributed by atoms with E-state index < -0.39 is 24.5 Å². The van der Waals surface area contributed by atoms with Crippen molar-refractivity contribution < 1.29 is 29.0 Å². The number of hydrogen-bond acceptors (Lipinski definition) is 6. The van der Waals surface area contributed by atoms with Crippen molar-refractivity contribution in [2.24, 2.45) is 0 Å². The molecule has 0 fully saturated rings. The molecule has 3 aromatic rings. The second kappa shape index (κ2) is 17.0. The molecule has 47 heavy (non-hydrogen) atoms. The maximum Gasteiger partial charge on any atom is 0.322 e. The number of nitrogens with one attached hydrogen (secondary N) is 2. The monoisotopic (exact) mass is 658 g/mol. The number of unbranched alkanes of at least 4 members (excludes halogenated alkanes) is 4.